The van der Waals surface area contributed by atoms with Crippen LogP contribution in [0.5, 0.6) is 0 Å². The first-order chi connectivity index (χ1) is 18.2. The lowest BCUT2D eigenvalue weighted by atomic mass is 9.71. The molecular formula is C35H34NO+. The molecule has 1 saturated carbocycles. The van der Waals surface area contributed by atoms with E-state index in [9.17, 15) is 1.37 Å². The number of aromatic nitrogens is 1. The number of furan rings is 1. The Morgan fingerprint density at radius 3 is 2.46 bits per heavy atom. The third-order valence-electron chi connectivity index (χ3n) is 8.73. The first-order valence-electron chi connectivity index (χ1n) is 14.0. The van der Waals surface area contributed by atoms with Gasteiger partial charge in [0.2, 0.25) is 5.69 Å². The summed E-state index contributed by atoms with van der Waals surface area (Å²) >= 11 is 0. The van der Waals surface area contributed by atoms with Crippen molar-refractivity contribution in [3.8, 4) is 11.3 Å². The van der Waals surface area contributed by atoms with Crippen LogP contribution in [0.2, 0.25) is 0 Å². The molecule has 0 bridgehead atoms. The van der Waals surface area contributed by atoms with Crippen molar-refractivity contribution < 1.29 is 10.4 Å². The minimum Gasteiger partial charge on any atom is -0.455 e. The number of nitrogens with zero attached hydrogens (tertiary/aromatic N) is 1. The number of aryl methyl sites for hydroxylation is 2. The number of hydrogen-bond acceptors (Lipinski definition) is 1. The molecule has 1 aliphatic rings. The Hall–Kier alpha value is -3.65. The summed E-state index contributed by atoms with van der Waals surface area (Å²) in [6.45, 7) is 6.83. The molecule has 4 aromatic carbocycles. The van der Waals surface area contributed by atoms with E-state index in [1.54, 1.807) is 0 Å². The first-order valence-corrected chi connectivity index (χ1v) is 13.5. The highest BCUT2D eigenvalue weighted by molar-refractivity contribution is 6.17. The van der Waals surface area contributed by atoms with Crippen LogP contribution in [0, 0.1) is 12.3 Å². The van der Waals surface area contributed by atoms with Crippen molar-refractivity contribution in [2.45, 2.75) is 52.3 Å². The van der Waals surface area contributed by atoms with Crippen LogP contribution in [0.25, 0.3) is 54.7 Å². The van der Waals surface area contributed by atoms with Crippen LogP contribution in [0.15, 0.2) is 83.4 Å². The quantitative estimate of drug-likeness (QED) is 0.176. The SMILES string of the molecule is [2H]C1(c2cc[n+](C)c(-c3c(C)ccc4c3oc3cc5ccc6ccccc6c5cc34)c2)CCC(C)(C)CC1. The summed E-state index contributed by atoms with van der Waals surface area (Å²) in [5.74, 6) is -0.535. The fourth-order valence-electron chi connectivity index (χ4n) is 6.31. The third kappa shape index (κ3) is 3.65. The minimum absolute atomic E-state index is 0.331. The van der Waals surface area contributed by atoms with Gasteiger partial charge in [0, 0.05) is 24.3 Å². The van der Waals surface area contributed by atoms with E-state index in [1.807, 2.05) is 0 Å². The van der Waals surface area contributed by atoms with Crippen molar-refractivity contribution in [2.75, 3.05) is 0 Å². The van der Waals surface area contributed by atoms with E-state index in [1.165, 1.54) is 27.1 Å². The summed E-state index contributed by atoms with van der Waals surface area (Å²) in [7, 11) is 2.10. The summed E-state index contributed by atoms with van der Waals surface area (Å²) < 4.78 is 18.2. The van der Waals surface area contributed by atoms with Gasteiger partial charge in [-0.25, -0.2) is 4.57 Å². The zero-order chi connectivity index (χ0) is 26.2. The Labute approximate surface area is 219 Å². The zero-order valence-electron chi connectivity index (χ0n) is 23.2. The number of benzene rings is 4. The van der Waals surface area contributed by atoms with Crippen LogP contribution in [0.4, 0.5) is 0 Å². The fraction of sp³-hybridized carbons (Fsp3) is 0.286. The van der Waals surface area contributed by atoms with Gasteiger partial charge >= 0.3 is 0 Å². The zero-order valence-corrected chi connectivity index (χ0v) is 22.2. The summed E-state index contributed by atoms with van der Waals surface area (Å²) in [6.07, 6.45) is 6.12. The average molecular weight is 486 g/mol. The maximum Gasteiger partial charge on any atom is 0.216 e. The lowest BCUT2D eigenvalue weighted by molar-refractivity contribution is -0.660. The van der Waals surface area contributed by atoms with Gasteiger partial charge in [0.25, 0.3) is 0 Å². The Morgan fingerprint density at radius 2 is 1.62 bits per heavy atom. The first kappa shape index (κ1) is 21.4. The predicted molar refractivity (Wildman–Crippen MR) is 155 cm³/mol. The molecule has 6 aromatic rings. The fourth-order valence-corrected chi connectivity index (χ4v) is 6.31. The maximum atomic E-state index is 9.39. The minimum atomic E-state index is -0.535. The monoisotopic (exact) mass is 485 g/mol. The second-order valence-corrected chi connectivity index (χ2v) is 11.8. The number of rotatable bonds is 2. The normalized spacial score (nSPS) is 17.6. The molecule has 0 saturated heterocycles. The standard InChI is InChI=1S/C35H34NO/c1-22-9-12-28-30-21-29-26(11-10-24-7-5-6-8-27(24)29)20-32(30)37-34(28)33(22)31-19-25(15-18-36(31)4)23-13-16-35(2,3)17-14-23/h5-12,15,18-21,23H,13-14,16-17H2,1-4H3/q+1/i23D. The molecule has 2 nitrogen and oxygen atoms in total. The molecule has 37 heavy (non-hydrogen) atoms. The highest BCUT2D eigenvalue weighted by Gasteiger charge is 2.29. The van der Waals surface area contributed by atoms with E-state index in [4.69, 9.17) is 4.42 Å². The van der Waals surface area contributed by atoms with Gasteiger partial charge in [-0.05, 0) is 88.7 Å². The van der Waals surface area contributed by atoms with E-state index in [-0.39, 0.29) is 0 Å². The molecule has 184 valence electrons. The highest BCUT2D eigenvalue weighted by atomic mass is 16.3. The second-order valence-electron chi connectivity index (χ2n) is 11.8. The van der Waals surface area contributed by atoms with Crippen molar-refractivity contribution in [3.63, 3.8) is 0 Å². The van der Waals surface area contributed by atoms with Gasteiger partial charge in [-0.15, -0.1) is 0 Å². The predicted octanol–water partition coefficient (Wildman–Crippen LogP) is 9.38. The van der Waals surface area contributed by atoms with Crippen molar-refractivity contribution in [3.05, 3.63) is 90.1 Å². The third-order valence-corrected chi connectivity index (χ3v) is 8.73. The van der Waals surface area contributed by atoms with Crippen molar-refractivity contribution >= 4 is 43.5 Å². The number of fused-ring (bicyclic) bond motifs is 6. The summed E-state index contributed by atoms with van der Waals surface area (Å²) in [6, 6.07) is 26.3. The molecule has 2 aromatic heterocycles. The molecule has 1 fully saturated rings. The topological polar surface area (TPSA) is 17.0 Å². The lowest BCUT2D eigenvalue weighted by Gasteiger charge is -2.34. The summed E-state index contributed by atoms with van der Waals surface area (Å²) in [5, 5.41) is 7.25. The Morgan fingerprint density at radius 1 is 0.838 bits per heavy atom. The van der Waals surface area contributed by atoms with Gasteiger partial charge < -0.3 is 4.42 Å². The molecular weight excluding hydrogens is 450 g/mol. The van der Waals surface area contributed by atoms with E-state index >= 15 is 0 Å². The van der Waals surface area contributed by atoms with Crippen LogP contribution in [-0.4, -0.2) is 0 Å². The van der Waals surface area contributed by atoms with Crippen LogP contribution < -0.4 is 4.57 Å². The van der Waals surface area contributed by atoms with Crippen LogP contribution >= 0.6 is 0 Å². The molecule has 7 rings (SSSR count). The molecule has 1 aliphatic carbocycles. The van der Waals surface area contributed by atoms with Gasteiger partial charge in [-0.1, -0.05) is 62.4 Å². The maximum absolute atomic E-state index is 9.39. The molecule has 2 heteroatoms. The number of pyridine rings is 1. The van der Waals surface area contributed by atoms with E-state index < -0.39 is 5.89 Å². The second kappa shape index (κ2) is 8.18. The van der Waals surface area contributed by atoms with Gasteiger partial charge in [-0.3, -0.25) is 0 Å². The van der Waals surface area contributed by atoms with Gasteiger partial charge in [-0.2, -0.15) is 0 Å². The van der Waals surface area contributed by atoms with Gasteiger partial charge in [0.15, 0.2) is 6.20 Å². The smallest absolute Gasteiger partial charge is 0.216 e. The summed E-state index contributed by atoms with van der Waals surface area (Å²) in [4.78, 5) is 0. The van der Waals surface area contributed by atoms with E-state index in [0.717, 1.165) is 64.4 Å². The van der Waals surface area contributed by atoms with Crippen molar-refractivity contribution in [1.82, 2.24) is 0 Å². The molecule has 2 heterocycles. The van der Waals surface area contributed by atoms with Gasteiger partial charge in [0.1, 0.15) is 18.2 Å². The van der Waals surface area contributed by atoms with Crippen LogP contribution in [-0.2, 0) is 7.05 Å². The average Bonchev–Trinajstić information content (AvgIpc) is 3.27. The number of hydrogen-bond donors (Lipinski definition) is 0. The Balaban J connectivity index is 1.44. The Bertz CT molecular complexity index is 1880. The molecule has 0 aliphatic heterocycles. The van der Waals surface area contributed by atoms with Gasteiger partial charge in [0.05, 0.1) is 5.56 Å². The largest absolute Gasteiger partial charge is 0.455 e. The Kier molecular flexibility index (Phi) is 4.74. The molecule has 0 N–H and O–H groups in total. The highest BCUT2D eigenvalue weighted by Crippen LogP contribution is 2.44. The van der Waals surface area contributed by atoms with E-state index in [2.05, 4.69) is 111 Å². The summed E-state index contributed by atoms with van der Waals surface area (Å²) in [5.41, 5.74) is 6.70. The lowest BCUT2D eigenvalue weighted by Crippen LogP contribution is -2.31. The molecule has 0 amide bonds. The van der Waals surface area contributed by atoms with E-state index in [0.29, 0.717) is 5.41 Å². The molecule has 0 atom stereocenters. The van der Waals surface area contributed by atoms with Crippen LogP contribution in [0.3, 0.4) is 0 Å². The van der Waals surface area contributed by atoms with Crippen molar-refractivity contribution in [1.29, 1.82) is 0 Å². The molecule has 0 unspecified atom stereocenters. The van der Waals surface area contributed by atoms with Crippen LogP contribution in [0.1, 0.15) is 57.9 Å². The van der Waals surface area contributed by atoms with Crippen molar-refractivity contribution in [2.24, 2.45) is 12.5 Å². The molecule has 0 radical (unpaired) electrons. The molecule has 0 spiro atoms.